The molecule has 1 aromatic rings. The summed E-state index contributed by atoms with van der Waals surface area (Å²) in [7, 11) is 0. The van der Waals surface area contributed by atoms with E-state index in [0.29, 0.717) is 0 Å². The minimum Gasteiger partial charge on any atom is -0.484 e. The van der Waals surface area contributed by atoms with Gasteiger partial charge in [0.1, 0.15) is 11.8 Å². The van der Waals surface area contributed by atoms with E-state index in [1.807, 2.05) is 0 Å². The van der Waals surface area contributed by atoms with E-state index >= 15 is 0 Å². The first-order chi connectivity index (χ1) is 9.81. The highest BCUT2D eigenvalue weighted by Crippen LogP contribution is 2.17. The Hall–Kier alpha value is -2.68. The summed E-state index contributed by atoms with van der Waals surface area (Å²) in [6.07, 6.45) is -1.13. The summed E-state index contributed by atoms with van der Waals surface area (Å²) in [5.41, 5.74) is 4.92. The van der Waals surface area contributed by atoms with Gasteiger partial charge in [0.15, 0.2) is 6.61 Å². The number of amides is 2. The molecule has 0 saturated carbocycles. The number of carbonyl (C=O) groups is 2. The molecule has 0 fully saturated rings. The fraction of sp³-hybridized carbons (Fsp3) is 0.333. The van der Waals surface area contributed by atoms with Crippen molar-refractivity contribution in [3.8, 4) is 5.75 Å². The van der Waals surface area contributed by atoms with Crippen LogP contribution in [-0.2, 0) is 9.59 Å². The lowest BCUT2D eigenvalue weighted by Gasteiger charge is -2.18. The van der Waals surface area contributed by atoms with Crippen LogP contribution in [-0.4, -0.2) is 40.6 Å². The molecule has 1 aromatic carbocycles. The van der Waals surface area contributed by atoms with Crippen LogP contribution in [0, 0.1) is 10.1 Å². The van der Waals surface area contributed by atoms with E-state index in [2.05, 4.69) is 5.32 Å². The van der Waals surface area contributed by atoms with Gasteiger partial charge in [0.05, 0.1) is 11.0 Å². The first kappa shape index (κ1) is 16.4. The SMILES string of the molecule is CC(O)C(NC(=O)COc1ccc([N+](=O)[O-])cc1)C(N)=O. The van der Waals surface area contributed by atoms with Gasteiger partial charge in [-0.15, -0.1) is 0 Å². The highest BCUT2D eigenvalue weighted by atomic mass is 16.6. The van der Waals surface area contributed by atoms with Crippen molar-refractivity contribution in [2.75, 3.05) is 6.61 Å². The Morgan fingerprint density at radius 1 is 1.43 bits per heavy atom. The molecular formula is C12H15N3O6. The topological polar surface area (TPSA) is 145 Å². The van der Waals surface area contributed by atoms with Gasteiger partial charge in [0.25, 0.3) is 11.6 Å². The maximum Gasteiger partial charge on any atom is 0.269 e. The van der Waals surface area contributed by atoms with Gasteiger partial charge >= 0.3 is 0 Å². The summed E-state index contributed by atoms with van der Waals surface area (Å²) in [6.45, 7) is 0.890. The molecule has 4 N–H and O–H groups in total. The number of nitrogens with one attached hydrogen (secondary N) is 1. The number of aliphatic hydroxyl groups excluding tert-OH is 1. The maximum absolute atomic E-state index is 11.5. The Morgan fingerprint density at radius 2 is 2.00 bits per heavy atom. The number of aliphatic hydroxyl groups is 1. The molecule has 0 aliphatic heterocycles. The van der Waals surface area contributed by atoms with Crippen molar-refractivity contribution >= 4 is 17.5 Å². The summed E-state index contributed by atoms with van der Waals surface area (Å²) in [4.78, 5) is 32.4. The van der Waals surface area contributed by atoms with Crippen LogP contribution in [0.25, 0.3) is 0 Å². The normalized spacial score (nSPS) is 13.0. The van der Waals surface area contributed by atoms with Crippen LogP contribution >= 0.6 is 0 Å². The zero-order valence-corrected chi connectivity index (χ0v) is 11.2. The van der Waals surface area contributed by atoms with Crippen LogP contribution in [0.2, 0.25) is 0 Å². The number of nitro benzene ring substituents is 1. The predicted octanol–water partition coefficient (Wildman–Crippen LogP) is -0.675. The third kappa shape index (κ3) is 5.07. The van der Waals surface area contributed by atoms with Gasteiger partial charge in [-0.1, -0.05) is 0 Å². The molecule has 9 heteroatoms. The average Bonchev–Trinajstić information content (AvgIpc) is 2.42. The summed E-state index contributed by atoms with van der Waals surface area (Å²) < 4.78 is 5.09. The lowest BCUT2D eigenvalue weighted by molar-refractivity contribution is -0.384. The molecule has 0 aliphatic rings. The molecule has 0 saturated heterocycles. The molecule has 114 valence electrons. The summed E-state index contributed by atoms with van der Waals surface area (Å²) in [6, 6.07) is 3.93. The first-order valence-corrected chi connectivity index (χ1v) is 5.95. The van der Waals surface area contributed by atoms with E-state index in [9.17, 15) is 24.8 Å². The Labute approximate surface area is 119 Å². The van der Waals surface area contributed by atoms with Crippen molar-refractivity contribution in [2.24, 2.45) is 5.73 Å². The molecule has 0 spiro atoms. The lowest BCUT2D eigenvalue weighted by atomic mass is 10.2. The third-order valence-electron chi connectivity index (χ3n) is 2.52. The van der Waals surface area contributed by atoms with Crippen molar-refractivity contribution in [3.63, 3.8) is 0 Å². The average molecular weight is 297 g/mol. The number of nitrogens with zero attached hydrogens (tertiary/aromatic N) is 1. The largest absolute Gasteiger partial charge is 0.484 e. The fourth-order valence-corrected chi connectivity index (χ4v) is 1.46. The lowest BCUT2D eigenvalue weighted by Crippen LogP contribution is -2.51. The van der Waals surface area contributed by atoms with E-state index in [4.69, 9.17) is 10.5 Å². The molecular weight excluding hydrogens is 282 g/mol. The summed E-state index contributed by atoms with van der Waals surface area (Å²) in [5.74, 6) is -1.27. The van der Waals surface area contributed by atoms with Crippen molar-refractivity contribution in [1.82, 2.24) is 5.32 Å². The maximum atomic E-state index is 11.5. The van der Waals surface area contributed by atoms with Crippen molar-refractivity contribution < 1.29 is 24.4 Å². The highest BCUT2D eigenvalue weighted by Gasteiger charge is 2.23. The molecule has 0 aliphatic carbocycles. The number of primary amides is 1. The van der Waals surface area contributed by atoms with Gasteiger partial charge in [0, 0.05) is 12.1 Å². The molecule has 9 nitrogen and oxygen atoms in total. The smallest absolute Gasteiger partial charge is 0.269 e. The number of ether oxygens (including phenoxy) is 1. The number of carbonyl (C=O) groups excluding carboxylic acids is 2. The molecule has 0 heterocycles. The summed E-state index contributed by atoms with van der Waals surface area (Å²) >= 11 is 0. The standard InChI is InChI=1S/C12H15N3O6/c1-7(16)11(12(13)18)14-10(17)6-21-9-4-2-8(3-5-9)15(19)20/h2-5,7,11,16H,6H2,1H3,(H2,13,18)(H,14,17). The fourth-order valence-electron chi connectivity index (χ4n) is 1.46. The Balaban J connectivity index is 2.52. The monoisotopic (exact) mass is 297 g/mol. The van der Waals surface area contributed by atoms with Gasteiger partial charge in [-0.25, -0.2) is 0 Å². The van der Waals surface area contributed by atoms with E-state index in [1.165, 1.54) is 31.2 Å². The second-order valence-electron chi connectivity index (χ2n) is 4.23. The number of nitro groups is 1. The highest BCUT2D eigenvalue weighted by molar-refractivity contribution is 5.87. The molecule has 2 unspecified atom stereocenters. The molecule has 0 radical (unpaired) electrons. The Bertz CT molecular complexity index is 528. The van der Waals surface area contributed by atoms with Crippen LogP contribution in [0.3, 0.4) is 0 Å². The van der Waals surface area contributed by atoms with Gasteiger partial charge in [-0.3, -0.25) is 19.7 Å². The minimum atomic E-state index is -1.21. The number of non-ortho nitro benzene ring substituents is 1. The zero-order valence-electron chi connectivity index (χ0n) is 11.2. The van der Waals surface area contributed by atoms with Gasteiger partial charge in [0.2, 0.25) is 5.91 Å². The van der Waals surface area contributed by atoms with Gasteiger partial charge < -0.3 is 20.9 Å². The van der Waals surface area contributed by atoms with Crippen LogP contribution in [0.15, 0.2) is 24.3 Å². The minimum absolute atomic E-state index is 0.102. The third-order valence-corrected chi connectivity index (χ3v) is 2.52. The van der Waals surface area contributed by atoms with Crippen molar-refractivity contribution in [2.45, 2.75) is 19.1 Å². The second-order valence-corrected chi connectivity index (χ2v) is 4.23. The van der Waals surface area contributed by atoms with E-state index in [1.54, 1.807) is 0 Å². The van der Waals surface area contributed by atoms with Crippen LogP contribution in [0.1, 0.15) is 6.92 Å². The molecule has 2 amide bonds. The van der Waals surface area contributed by atoms with Crippen molar-refractivity contribution in [3.05, 3.63) is 34.4 Å². The Morgan fingerprint density at radius 3 is 2.43 bits per heavy atom. The number of benzene rings is 1. The van der Waals surface area contributed by atoms with Crippen LogP contribution in [0.5, 0.6) is 5.75 Å². The molecule has 0 bridgehead atoms. The van der Waals surface area contributed by atoms with Crippen LogP contribution < -0.4 is 15.8 Å². The first-order valence-electron chi connectivity index (χ1n) is 5.95. The van der Waals surface area contributed by atoms with E-state index < -0.39 is 35.5 Å². The number of hydrogen-bond acceptors (Lipinski definition) is 6. The van der Waals surface area contributed by atoms with Crippen molar-refractivity contribution in [1.29, 1.82) is 0 Å². The zero-order chi connectivity index (χ0) is 16.0. The molecule has 2 atom stereocenters. The number of rotatable bonds is 7. The molecule has 21 heavy (non-hydrogen) atoms. The summed E-state index contributed by atoms with van der Waals surface area (Å²) in [5, 5.41) is 22.0. The van der Waals surface area contributed by atoms with E-state index in [0.717, 1.165) is 0 Å². The van der Waals surface area contributed by atoms with E-state index in [-0.39, 0.29) is 11.4 Å². The van der Waals surface area contributed by atoms with Gasteiger partial charge in [-0.05, 0) is 19.1 Å². The molecule has 1 rings (SSSR count). The Kier molecular flexibility index (Phi) is 5.61. The van der Waals surface area contributed by atoms with Crippen LogP contribution in [0.4, 0.5) is 5.69 Å². The van der Waals surface area contributed by atoms with Gasteiger partial charge in [-0.2, -0.15) is 0 Å². The molecule has 0 aromatic heterocycles. The quantitative estimate of drug-likeness (QED) is 0.449. The predicted molar refractivity (Wildman–Crippen MR) is 71.4 cm³/mol. The number of hydrogen-bond donors (Lipinski definition) is 3. The number of nitrogens with two attached hydrogens (primary N) is 1. The second kappa shape index (κ2) is 7.20.